The van der Waals surface area contributed by atoms with Gasteiger partial charge in [-0.2, -0.15) is 21.0 Å². The van der Waals surface area contributed by atoms with Crippen LogP contribution in [0.25, 0.3) is 0 Å². The highest BCUT2D eigenvalue weighted by Crippen LogP contribution is 2.01. The zero-order valence-corrected chi connectivity index (χ0v) is 7.79. The first kappa shape index (κ1) is 9.74. The van der Waals surface area contributed by atoms with Crippen molar-refractivity contribution in [1.29, 1.82) is 0 Å². The van der Waals surface area contributed by atoms with Crippen LogP contribution in [-0.4, -0.2) is 29.3 Å². The number of hydrogen-bond acceptors (Lipinski definition) is 3. The topological polar surface area (TPSA) is 54.4 Å². The van der Waals surface area contributed by atoms with Gasteiger partial charge in [-0.25, -0.2) is 0 Å². The molecule has 6 heteroatoms. The molecule has 0 radical (unpaired) electrons. The van der Waals surface area contributed by atoms with E-state index in [1.165, 1.54) is 0 Å². The minimum atomic E-state index is -3.84. The Morgan fingerprint density at radius 2 is 2.11 bits per heavy atom. The summed E-state index contributed by atoms with van der Waals surface area (Å²) < 4.78 is 28.4. The van der Waals surface area contributed by atoms with E-state index in [1.54, 1.807) is 0 Å². The maximum absolute atomic E-state index is 10.1. The lowest BCUT2D eigenvalue weighted by Gasteiger charge is -2.01. The standard InChI is InChI=1S/C3H7BrO3S2/c4-1-3(8)2-9(5,6)7/h3,8H,1-2H2,(H,5,6,7). The number of halogens is 1. The Bertz CT molecular complexity index is 164. The fourth-order valence-electron chi connectivity index (χ4n) is 0.288. The van der Waals surface area contributed by atoms with Crippen molar-refractivity contribution in [2.24, 2.45) is 0 Å². The molecule has 0 heterocycles. The molecular formula is C3H7BrO3S2. The zero-order chi connectivity index (χ0) is 7.49. The van der Waals surface area contributed by atoms with Gasteiger partial charge >= 0.3 is 0 Å². The summed E-state index contributed by atoms with van der Waals surface area (Å²) in [7, 11) is -3.84. The first-order chi connectivity index (χ1) is 3.95. The molecule has 0 aliphatic heterocycles. The van der Waals surface area contributed by atoms with Crippen LogP contribution in [0.3, 0.4) is 0 Å². The molecule has 1 atom stereocenters. The van der Waals surface area contributed by atoms with Gasteiger partial charge in [0.15, 0.2) is 0 Å². The van der Waals surface area contributed by atoms with E-state index in [4.69, 9.17) is 4.55 Å². The van der Waals surface area contributed by atoms with E-state index in [-0.39, 0.29) is 11.0 Å². The summed E-state index contributed by atoms with van der Waals surface area (Å²) in [5, 5.41) is 0.121. The normalized spacial score (nSPS) is 15.4. The van der Waals surface area contributed by atoms with Gasteiger partial charge in [-0.1, -0.05) is 15.9 Å². The maximum atomic E-state index is 10.1. The number of rotatable bonds is 3. The van der Waals surface area contributed by atoms with Gasteiger partial charge in [0.05, 0.1) is 5.75 Å². The van der Waals surface area contributed by atoms with Crippen LogP contribution in [0.4, 0.5) is 0 Å². The second kappa shape index (κ2) is 3.80. The number of alkyl halides is 1. The molecule has 0 aliphatic rings. The van der Waals surface area contributed by atoms with Gasteiger partial charge < -0.3 is 0 Å². The van der Waals surface area contributed by atoms with Crippen LogP contribution in [0.2, 0.25) is 0 Å². The van der Waals surface area contributed by atoms with E-state index in [9.17, 15) is 8.42 Å². The van der Waals surface area contributed by atoms with Crippen molar-refractivity contribution in [1.82, 2.24) is 0 Å². The Balaban J connectivity index is 3.75. The van der Waals surface area contributed by atoms with E-state index >= 15 is 0 Å². The molecule has 3 nitrogen and oxygen atoms in total. The Morgan fingerprint density at radius 3 is 2.22 bits per heavy atom. The molecule has 0 saturated heterocycles. The Labute approximate surface area is 68.1 Å². The average molecular weight is 235 g/mol. The molecule has 0 fully saturated rings. The lowest BCUT2D eigenvalue weighted by atomic mass is 10.6. The minimum absolute atomic E-state index is 0.304. The second-order valence-corrected chi connectivity index (χ2v) is 4.43. The predicted molar refractivity (Wildman–Crippen MR) is 43.0 cm³/mol. The van der Waals surface area contributed by atoms with Crippen molar-refractivity contribution in [3.05, 3.63) is 0 Å². The monoisotopic (exact) mass is 234 g/mol. The SMILES string of the molecule is O=S(=O)(O)CC(S)CBr. The summed E-state index contributed by atoms with van der Waals surface area (Å²) >= 11 is 6.85. The molecule has 0 spiro atoms. The largest absolute Gasteiger partial charge is 0.286 e. The summed E-state index contributed by atoms with van der Waals surface area (Å²) in [5.41, 5.74) is 0. The van der Waals surface area contributed by atoms with E-state index < -0.39 is 10.1 Å². The average Bonchev–Trinajstić information content (AvgIpc) is 1.62. The van der Waals surface area contributed by atoms with Crippen molar-refractivity contribution in [3.8, 4) is 0 Å². The maximum Gasteiger partial charge on any atom is 0.265 e. The van der Waals surface area contributed by atoms with Gasteiger partial charge in [0, 0.05) is 10.6 Å². The summed E-state index contributed by atoms with van der Waals surface area (Å²) in [6, 6.07) is 0. The third-order valence-corrected chi connectivity index (χ3v) is 3.30. The molecule has 9 heavy (non-hydrogen) atoms. The van der Waals surface area contributed by atoms with Gasteiger partial charge in [-0.05, 0) is 0 Å². The van der Waals surface area contributed by atoms with E-state index in [2.05, 4.69) is 28.6 Å². The van der Waals surface area contributed by atoms with Crippen LogP contribution in [0.15, 0.2) is 0 Å². The molecule has 0 rings (SSSR count). The molecule has 0 bridgehead atoms. The molecule has 1 unspecified atom stereocenters. The molecule has 1 N–H and O–H groups in total. The smallest absolute Gasteiger partial charge is 0.265 e. The van der Waals surface area contributed by atoms with Crippen molar-refractivity contribution < 1.29 is 13.0 Å². The van der Waals surface area contributed by atoms with Crippen molar-refractivity contribution in [2.45, 2.75) is 5.25 Å². The van der Waals surface area contributed by atoms with Crippen LogP contribution in [0, 0.1) is 0 Å². The van der Waals surface area contributed by atoms with Crippen LogP contribution in [-0.2, 0) is 10.1 Å². The molecule has 0 saturated carbocycles. The molecule has 0 aromatic heterocycles. The van der Waals surface area contributed by atoms with Crippen molar-refractivity contribution >= 4 is 38.7 Å². The van der Waals surface area contributed by atoms with Crippen molar-refractivity contribution in [3.63, 3.8) is 0 Å². The summed E-state index contributed by atoms with van der Waals surface area (Å²) in [6.07, 6.45) is 0. The quantitative estimate of drug-likeness (QED) is 0.427. The highest BCUT2D eigenvalue weighted by atomic mass is 79.9. The van der Waals surface area contributed by atoms with Gasteiger partial charge in [0.2, 0.25) is 0 Å². The third-order valence-electron chi connectivity index (χ3n) is 0.581. The van der Waals surface area contributed by atoms with Crippen LogP contribution < -0.4 is 0 Å². The van der Waals surface area contributed by atoms with Crippen LogP contribution >= 0.6 is 28.6 Å². The lowest BCUT2D eigenvalue weighted by Crippen LogP contribution is -2.16. The Morgan fingerprint density at radius 1 is 1.67 bits per heavy atom. The van der Waals surface area contributed by atoms with Gasteiger partial charge in [0.1, 0.15) is 0 Å². The molecule has 56 valence electrons. The van der Waals surface area contributed by atoms with E-state index in [0.717, 1.165) is 0 Å². The molecule has 0 aliphatic carbocycles. The number of hydrogen-bond donors (Lipinski definition) is 2. The van der Waals surface area contributed by atoms with Gasteiger partial charge in [-0.15, -0.1) is 0 Å². The molecular weight excluding hydrogens is 228 g/mol. The first-order valence-electron chi connectivity index (χ1n) is 2.15. The Kier molecular flexibility index (Phi) is 4.11. The summed E-state index contributed by atoms with van der Waals surface area (Å²) in [4.78, 5) is 0. The summed E-state index contributed by atoms with van der Waals surface area (Å²) in [6.45, 7) is 0. The van der Waals surface area contributed by atoms with Crippen LogP contribution in [0.1, 0.15) is 0 Å². The highest BCUT2D eigenvalue weighted by Gasteiger charge is 2.10. The molecule has 0 aromatic carbocycles. The lowest BCUT2D eigenvalue weighted by molar-refractivity contribution is 0.483. The van der Waals surface area contributed by atoms with Gasteiger partial charge in [-0.3, -0.25) is 4.55 Å². The first-order valence-corrected chi connectivity index (χ1v) is 5.39. The summed E-state index contributed by atoms with van der Waals surface area (Å²) in [5.74, 6) is -0.304. The number of thiol groups is 1. The fourth-order valence-corrected chi connectivity index (χ4v) is 1.99. The van der Waals surface area contributed by atoms with Crippen LogP contribution in [0.5, 0.6) is 0 Å². The molecule has 0 aromatic rings. The zero-order valence-electron chi connectivity index (χ0n) is 4.49. The minimum Gasteiger partial charge on any atom is -0.286 e. The fraction of sp³-hybridized carbons (Fsp3) is 1.00. The van der Waals surface area contributed by atoms with E-state index in [0.29, 0.717) is 5.33 Å². The predicted octanol–water partition coefficient (Wildman–Crippen LogP) is 0.568. The van der Waals surface area contributed by atoms with Gasteiger partial charge in [0.25, 0.3) is 10.1 Å². The van der Waals surface area contributed by atoms with E-state index in [1.807, 2.05) is 0 Å². The Hall–Kier alpha value is 0.740. The third kappa shape index (κ3) is 6.63. The molecule has 0 amide bonds. The highest BCUT2D eigenvalue weighted by molar-refractivity contribution is 9.09. The van der Waals surface area contributed by atoms with Crippen molar-refractivity contribution in [2.75, 3.05) is 11.1 Å². The second-order valence-electron chi connectivity index (χ2n) is 1.56.